The first kappa shape index (κ1) is 13.2. The maximum absolute atomic E-state index is 12.0. The van der Waals surface area contributed by atoms with Gasteiger partial charge in [0.25, 0.3) is 5.91 Å². The molecule has 0 fully saturated rings. The topological polar surface area (TPSA) is 59.1 Å². The lowest BCUT2D eigenvalue weighted by atomic mass is 10.1. The molecule has 1 aromatic carbocycles. The minimum absolute atomic E-state index is 0.122. The third-order valence-electron chi connectivity index (χ3n) is 2.53. The number of benzene rings is 1. The van der Waals surface area contributed by atoms with Crippen molar-refractivity contribution in [3.05, 3.63) is 58.9 Å². The number of aromatic nitrogens is 1. The molecule has 0 aliphatic heterocycles. The second-order valence-corrected chi connectivity index (χ2v) is 4.30. The van der Waals surface area contributed by atoms with Gasteiger partial charge < -0.3 is 5.32 Å². The van der Waals surface area contributed by atoms with Crippen molar-refractivity contribution in [2.75, 3.05) is 5.32 Å². The third-order valence-corrected chi connectivity index (χ3v) is 2.83. The number of amides is 1. The number of nitrogens with zero attached hydrogens (tertiary/aromatic N) is 1. The zero-order valence-corrected chi connectivity index (χ0v) is 10.9. The number of para-hydroxylation sites is 1. The first-order chi connectivity index (χ1) is 9.09. The van der Waals surface area contributed by atoms with Gasteiger partial charge >= 0.3 is 0 Å². The minimum Gasteiger partial charge on any atom is -0.320 e. The minimum atomic E-state index is -0.445. The molecule has 0 saturated heterocycles. The van der Waals surface area contributed by atoms with Crippen molar-refractivity contribution in [2.45, 2.75) is 6.92 Å². The fraction of sp³-hybridized carbons (Fsp3) is 0.0714. The molecule has 19 heavy (non-hydrogen) atoms. The monoisotopic (exact) mass is 274 g/mol. The smallest absolute Gasteiger partial charge is 0.275 e. The van der Waals surface area contributed by atoms with E-state index in [9.17, 15) is 9.59 Å². The number of hydrogen-bond acceptors (Lipinski definition) is 3. The zero-order valence-electron chi connectivity index (χ0n) is 10.2. The Morgan fingerprint density at radius 3 is 2.58 bits per heavy atom. The maximum atomic E-state index is 12.0. The summed E-state index contributed by atoms with van der Waals surface area (Å²) in [6.45, 7) is 1.44. The van der Waals surface area contributed by atoms with E-state index in [0.29, 0.717) is 11.3 Å². The molecule has 0 radical (unpaired) electrons. The van der Waals surface area contributed by atoms with Crippen LogP contribution in [0.4, 0.5) is 5.69 Å². The normalized spacial score (nSPS) is 10.0. The Labute approximate surface area is 115 Å². The summed E-state index contributed by atoms with van der Waals surface area (Å²) in [5.41, 5.74) is 1.02. The second-order valence-electron chi connectivity index (χ2n) is 3.89. The first-order valence-electron chi connectivity index (χ1n) is 5.61. The Hall–Kier alpha value is -2.20. The van der Waals surface area contributed by atoms with Crippen LogP contribution < -0.4 is 5.32 Å². The number of ketones is 1. The van der Waals surface area contributed by atoms with E-state index in [1.165, 1.54) is 13.1 Å². The summed E-state index contributed by atoms with van der Waals surface area (Å²) in [4.78, 5) is 27.4. The number of halogens is 1. The van der Waals surface area contributed by atoms with Gasteiger partial charge in [0.15, 0.2) is 5.78 Å². The van der Waals surface area contributed by atoms with Crippen molar-refractivity contribution < 1.29 is 9.59 Å². The van der Waals surface area contributed by atoms with E-state index >= 15 is 0 Å². The van der Waals surface area contributed by atoms with Gasteiger partial charge in [-0.25, -0.2) is 4.98 Å². The Kier molecular flexibility index (Phi) is 3.92. The maximum Gasteiger partial charge on any atom is 0.275 e. The van der Waals surface area contributed by atoms with Crippen LogP contribution in [-0.2, 0) is 0 Å². The van der Waals surface area contributed by atoms with Crippen molar-refractivity contribution in [3.8, 4) is 0 Å². The van der Waals surface area contributed by atoms with Crippen LogP contribution in [0.15, 0.2) is 42.6 Å². The number of pyridine rings is 1. The summed E-state index contributed by atoms with van der Waals surface area (Å²) in [7, 11) is 0. The average molecular weight is 275 g/mol. The lowest BCUT2D eigenvalue weighted by molar-refractivity contribution is 0.101. The lowest BCUT2D eigenvalue weighted by Gasteiger charge is -2.09. The van der Waals surface area contributed by atoms with Crippen LogP contribution >= 0.6 is 11.6 Å². The third kappa shape index (κ3) is 2.98. The standard InChI is InChI=1S/C14H11ClN2O2/c1-9(18)10-5-2-3-7-12(10)17-14(19)13-11(15)6-4-8-16-13/h2-8H,1H3,(H,17,19). The van der Waals surface area contributed by atoms with Gasteiger partial charge in [-0.1, -0.05) is 23.7 Å². The highest BCUT2D eigenvalue weighted by molar-refractivity contribution is 6.34. The number of carbonyl (C=O) groups is 2. The van der Waals surface area contributed by atoms with Crippen LogP contribution in [0.25, 0.3) is 0 Å². The molecule has 2 rings (SSSR count). The van der Waals surface area contributed by atoms with Crippen molar-refractivity contribution in [1.82, 2.24) is 4.98 Å². The average Bonchev–Trinajstić information content (AvgIpc) is 2.39. The summed E-state index contributed by atoms with van der Waals surface area (Å²) >= 11 is 5.90. The van der Waals surface area contributed by atoms with Gasteiger partial charge in [0.2, 0.25) is 0 Å². The highest BCUT2D eigenvalue weighted by Crippen LogP contribution is 2.18. The van der Waals surface area contributed by atoms with Crippen molar-refractivity contribution in [1.29, 1.82) is 0 Å². The lowest BCUT2D eigenvalue weighted by Crippen LogP contribution is -2.16. The molecule has 0 aliphatic carbocycles. The molecular formula is C14H11ClN2O2. The first-order valence-corrected chi connectivity index (χ1v) is 5.99. The van der Waals surface area contributed by atoms with E-state index in [1.54, 1.807) is 36.4 Å². The summed E-state index contributed by atoms with van der Waals surface area (Å²) < 4.78 is 0. The van der Waals surface area contributed by atoms with E-state index in [2.05, 4.69) is 10.3 Å². The SMILES string of the molecule is CC(=O)c1ccccc1NC(=O)c1ncccc1Cl. The van der Waals surface area contributed by atoms with Crippen LogP contribution in [-0.4, -0.2) is 16.7 Å². The fourth-order valence-electron chi connectivity index (χ4n) is 1.63. The van der Waals surface area contributed by atoms with Crippen LogP contribution in [0.2, 0.25) is 5.02 Å². The summed E-state index contributed by atoms with van der Waals surface area (Å²) in [5, 5.41) is 2.91. The molecule has 0 saturated carbocycles. The van der Waals surface area contributed by atoms with Crippen LogP contribution in [0.3, 0.4) is 0 Å². The molecule has 0 unspecified atom stereocenters. The Balaban J connectivity index is 2.30. The van der Waals surface area contributed by atoms with Gasteiger partial charge in [0.05, 0.1) is 10.7 Å². The number of anilines is 1. The molecular weight excluding hydrogens is 264 g/mol. The molecule has 1 amide bonds. The molecule has 1 N–H and O–H groups in total. The van der Waals surface area contributed by atoms with Gasteiger partial charge in [0.1, 0.15) is 5.69 Å². The fourth-order valence-corrected chi connectivity index (χ4v) is 1.84. The molecule has 2 aromatic rings. The summed E-state index contributed by atoms with van der Waals surface area (Å²) in [6.07, 6.45) is 1.48. The number of nitrogens with one attached hydrogen (secondary N) is 1. The summed E-state index contributed by atoms with van der Waals surface area (Å²) in [5.74, 6) is -0.567. The van der Waals surface area contributed by atoms with E-state index in [4.69, 9.17) is 11.6 Å². The van der Waals surface area contributed by atoms with E-state index in [1.807, 2.05) is 0 Å². The number of hydrogen-bond donors (Lipinski definition) is 1. The predicted molar refractivity (Wildman–Crippen MR) is 73.6 cm³/mol. The van der Waals surface area contributed by atoms with Crippen LogP contribution in [0, 0.1) is 0 Å². The Morgan fingerprint density at radius 1 is 1.16 bits per heavy atom. The predicted octanol–water partition coefficient (Wildman–Crippen LogP) is 3.19. The van der Waals surface area contributed by atoms with Crippen molar-refractivity contribution in [3.63, 3.8) is 0 Å². The quantitative estimate of drug-likeness (QED) is 0.875. The largest absolute Gasteiger partial charge is 0.320 e. The molecule has 5 heteroatoms. The molecule has 96 valence electrons. The van der Waals surface area contributed by atoms with E-state index < -0.39 is 5.91 Å². The van der Waals surface area contributed by atoms with Crippen molar-refractivity contribution >= 4 is 29.0 Å². The highest BCUT2D eigenvalue weighted by Gasteiger charge is 2.14. The molecule has 0 spiro atoms. The number of carbonyl (C=O) groups excluding carboxylic acids is 2. The van der Waals surface area contributed by atoms with Crippen LogP contribution in [0.1, 0.15) is 27.8 Å². The molecule has 0 aliphatic rings. The highest BCUT2D eigenvalue weighted by atomic mass is 35.5. The Bertz CT molecular complexity index is 641. The molecule has 4 nitrogen and oxygen atoms in total. The molecule has 1 aromatic heterocycles. The van der Waals surface area contributed by atoms with E-state index in [-0.39, 0.29) is 16.5 Å². The molecule has 0 atom stereocenters. The Morgan fingerprint density at radius 2 is 1.89 bits per heavy atom. The zero-order chi connectivity index (χ0) is 13.8. The van der Waals surface area contributed by atoms with Crippen molar-refractivity contribution in [2.24, 2.45) is 0 Å². The van der Waals surface area contributed by atoms with Crippen LogP contribution in [0.5, 0.6) is 0 Å². The van der Waals surface area contributed by atoms with Gasteiger partial charge in [-0.05, 0) is 31.2 Å². The van der Waals surface area contributed by atoms with Gasteiger partial charge in [0, 0.05) is 11.8 Å². The van der Waals surface area contributed by atoms with Gasteiger partial charge in [-0.3, -0.25) is 9.59 Å². The number of rotatable bonds is 3. The summed E-state index contributed by atoms with van der Waals surface area (Å²) in [6, 6.07) is 10.0. The number of Topliss-reactive ketones (excluding diaryl/α,β-unsaturated/α-hetero) is 1. The van der Waals surface area contributed by atoms with E-state index in [0.717, 1.165) is 0 Å². The molecule has 0 bridgehead atoms. The molecule has 1 heterocycles. The second kappa shape index (κ2) is 5.63. The van der Waals surface area contributed by atoms with Gasteiger partial charge in [-0.2, -0.15) is 0 Å². The van der Waals surface area contributed by atoms with Gasteiger partial charge in [-0.15, -0.1) is 0 Å².